The zero-order chi connectivity index (χ0) is 20.5. The number of nitrogens with zero attached hydrogens (tertiary/aromatic N) is 2. The molecule has 0 bridgehead atoms. The standard InChI is InChI=1S/C21H36N4O3.ClH/c1-5-20(2,3)15-8-10-21(11-9-15)18(27)25(19(28)23-21)14-17(26)24-12-6-7-16(24)13-22-4;/h15-16,22H,5-14H2,1-4H3,(H,23,28);1H. The second kappa shape index (κ2) is 9.21. The first-order valence-corrected chi connectivity index (χ1v) is 10.8. The van der Waals surface area contributed by atoms with E-state index in [-0.39, 0.29) is 42.2 Å². The van der Waals surface area contributed by atoms with Gasteiger partial charge in [0.2, 0.25) is 5.91 Å². The number of amides is 4. The molecule has 2 N–H and O–H groups in total. The van der Waals surface area contributed by atoms with E-state index in [0.717, 1.165) is 43.5 Å². The van der Waals surface area contributed by atoms with E-state index >= 15 is 0 Å². The van der Waals surface area contributed by atoms with Crippen molar-refractivity contribution < 1.29 is 14.4 Å². The first-order valence-electron chi connectivity index (χ1n) is 10.8. The molecule has 0 aromatic carbocycles. The first-order chi connectivity index (χ1) is 13.2. The van der Waals surface area contributed by atoms with Crippen LogP contribution < -0.4 is 10.6 Å². The number of imide groups is 1. The highest BCUT2D eigenvalue weighted by atomic mass is 35.5. The van der Waals surface area contributed by atoms with Gasteiger partial charge in [0, 0.05) is 19.1 Å². The van der Waals surface area contributed by atoms with Gasteiger partial charge in [-0.3, -0.25) is 14.5 Å². The average Bonchev–Trinajstić information content (AvgIpc) is 3.21. The minimum Gasteiger partial charge on any atom is -0.337 e. The number of hydrogen-bond donors (Lipinski definition) is 2. The second-order valence-electron chi connectivity index (χ2n) is 9.46. The second-order valence-corrected chi connectivity index (χ2v) is 9.46. The lowest BCUT2D eigenvalue weighted by atomic mass is 9.65. The van der Waals surface area contributed by atoms with Crippen molar-refractivity contribution in [1.82, 2.24) is 20.4 Å². The van der Waals surface area contributed by atoms with Gasteiger partial charge in [0.25, 0.3) is 5.91 Å². The summed E-state index contributed by atoms with van der Waals surface area (Å²) in [6.45, 7) is 8.08. The van der Waals surface area contributed by atoms with E-state index in [1.807, 2.05) is 11.9 Å². The molecule has 29 heavy (non-hydrogen) atoms. The van der Waals surface area contributed by atoms with Gasteiger partial charge in [-0.15, -0.1) is 12.4 Å². The van der Waals surface area contributed by atoms with Crippen molar-refractivity contribution in [2.45, 2.75) is 77.3 Å². The van der Waals surface area contributed by atoms with Crippen LogP contribution in [0.2, 0.25) is 0 Å². The number of carbonyl (C=O) groups is 3. The molecule has 2 aliphatic heterocycles. The van der Waals surface area contributed by atoms with Gasteiger partial charge in [0.1, 0.15) is 12.1 Å². The molecule has 1 spiro atoms. The van der Waals surface area contributed by atoms with E-state index in [9.17, 15) is 14.4 Å². The van der Waals surface area contributed by atoms with Crippen molar-refractivity contribution in [3.05, 3.63) is 0 Å². The van der Waals surface area contributed by atoms with E-state index in [4.69, 9.17) is 0 Å². The molecule has 166 valence electrons. The average molecular weight is 429 g/mol. The fourth-order valence-electron chi connectivity index (χ4n) is 5.18. The zero-order valence-electron chi connectivity index (χ0n) is 18.3. The summed E-state index contributed by atoms with van der Waals surface area (Å²) in [6, 6.07) is -0.255. The van der Waals surface area contributed by atoms with Crippen LogP contribution in [0.3, 0.4) is 0 Å². The Bertz CT molecular complexity index is 631. The smallest absolute Gasteiger partial charge is 0.325 e. The van der Waals surface area contributed by atoms with Crippen molar-refractivity contribution >= 4 is 30.3 Å². The van der Waals surface area contributed by atoms with Crippen LogP contribution in [-0.4, -0.2) is 65.9 Å². The van der Waals surface area contributed by atoms with Crippen LogP contribution in [0.15, 0.2) is 0 Å². The Kier molecular flexibility index (Phi) is 7.60. The van der Waals surface area contributed by atoms with Crippen LogP contribution >= 0.6 is 12.4 Å². The van der Waals surface area contributed by atoms with Gasteiger partial charge in [-0.25, -0.2) is 4.79 Å². The van der Waals surface area contributed by atoms with Crippen molar-refractivity contribution in [3.63, 3.8) is 0 Å². The third-order valence-electron chi connectivity index (χ3n) is 7.53. The van der Waals surface area contributed by atoms with Crippen LogP contribution in [0, 0.1) is 11.3 Å². The molecule has 3 fully saturated rings. The monoisotopic (exact) mass is 428 g/mol. The lowest BCUT2D eigenvalue weighted by molar-refractivity contribution is -0.140. The molecule has 1 saturated carbocycles. The maximum atomic E-state index is 13.1. The number of rotatable bonds is 6. The van der Waals surface area contributed by atoms with Gasteiger partial charge in [-0.1, -0.05) is 27.2 Å². The van der Waals surface area contributed by atoms with Gasteiger partial charge in [0.15, 0.2) is 0 Å². The fraction of sp³-hybridized carbons (Fsp3) is 0.857. The number of urea groups is 1. The largest absolute Gasteiger partial charge is 0.337 e. The Hall–Kier alpha value is -1.34. The Morgan fingerprint density at radius 3 is 2.48 bits per heavy atom. The third-order valence-corrected chi connectivity index (χ3v) is 7.53. The molecule has 3 aliphatic rings. The highest BCUT2D eigenvalue weighted by Crippen LogP contribution is 2.45. The molecule has 0 radical (unpaired) electrons. The summed E-state index contributed by atoms with van der Waals surface area (Å²) in [5.74, 6) is 0.234. The third kappa shape index (κ3) is 4.55. The molecule has 8 heteroatoms. The summed E-state index contributed by atoms with van der Waals surface area (Å²) in [4.78, 5) is 41.5. The molecule has 2 heterocycles. The van der Waals surface area contributed by atoms with E-state index < -0.39 is 11.6 Å². The van der Waals surface area contributed by atoms with Gasteiger partial charge in [0.05, 0.1) is 0 Å². The summed E-state index contributed by atoms with van der Waals surface area (Å²) < 4.78 is 0. The highest BCUT2D eigenvalue weighted by molar-refractivity contribution is 6.09. The lowest BCUT2D eigenvalue weighted by Crippen LogP contribution is -2.51. The summed E-state index contributed by atoms with van der Waals surface area (Å²) in [5, 5.41) is 6.07. The van der Waals surface area contributed by atoms with E-state index in [1.54, 1.807) is 0 Å². The highest BCUT2D eigenvalue weighted by Gasteiger charge is 2.54. The van der Waals surface area contributed by atoms with E-state index in [1.165, 1.54) is 0 Å². The molecule has 0 aromatic rings. The molecule has 1 atom stereocenters. The molecular formula is C21H37ClN4O3. The normalized spacial score (nSPS) is 29.9. The Morgan fingerprint density at radius 1 is 1.24 bits per heavy atom. The fourth-order valence-corrected chi connectivity index (χ4v) is 5.18. The van der Waals surface area contributed by atoms with Crippen LogP contribution in [0.5, 0.6) is 0 Å². The minimum absolute atomic E-state index is 0. The first kappa shape index (κ1) is 23.9. The molecule has 3 rings (SSSR count). The van der Waals surface area contributed by atoms with E-state index in [0.29, 0.717) is 25.3 Å². The lowest BCUT2D eigenvalue weighted by Gasteiger charge is -2.42. The number of carbonyl (C=O) groups excluding carboxylic acids is 3. The maximum Gasteiger partial charge on any atom is 0.325 e. The predicted molar refractivity (Wildman–Crippen MR) is 115 cm³/mol. The van der Waals surface area contributed by atoms with Crippen molar-refractivity contribution in [2.75, 3.05) is 26.7 Å². The number of halogens is 1. The number of likely N-dealkylation sites (N-methyl/N-ethyl adjacent to an activating group) is 1. The Morgan fingerprint density at radius 2 is 1.90 bits per heavy atom. The van der Waals surface area contributed by atoms with Gasteiger partial charge >= 0.3 is 6.03 Å². The van der Waals surface area contributed by atoms with Gasteiger partial charge in [-0.2, -0.15) is 0 Å². The van der Waals surface area contributed by atoms with Crippen molar-refractivity contribution in [3.8, 4) is 0 Å². The van der Waals surface area contributed by atoms with Crippen LogP contribution in [0.25, 0.3) is 0 Å². The topological polar surface area (TPSA) is 81.8 Å². The predicted octanol–water partition coefficient (Wildman–Crippen LogP) is 2.54. The SMILES string of the molecule is CCC(C)(C)C1CCC2(CC1)NC(=O)N(CC(=O)N1CCCC1CNC)C2=O.Cl. The van der Waals surface area contributed by atoms with Crippen LogP contribution in [0.4, 0.5) is 4.79 Å². The molecule has 0 aromatic heterocycles. The maximum absolute atomic E-state index is 13.1. The summed E-state index contributed by atoms with van der Waals surface area (Å²) >= 11 is 0. The van der Waals surface area contributed by atoms with E-state index in [2.05, 4.69) is 31.4 Å². The molecular weight excluding hydrogens is 392 g/mol. The number of likely N-dealkylation sites (tertiary alicyclic amines) is 1. The quantitative estimate of drug-likeness (QED) is 0.637. The Balaban J connectivity index is 0.00000300. The zero-order valence-corrected chi connectivity index (χ0v) is 19.1. The van der Waals surface area contributed by atoms with Gasteiger partial charge in [-0.05, 0) is 56.9 Å². The number of hydrogen-bond acceptors (Lipinski definition) is 4. The van der Waals surface area contributed by atoms with Gasteiger partial charge < -0.3 is 15.5 Å². The van der Waals surface area contributed by atoms with Crippen LogP contribution in [-0.2, 0) is 9.59 Å². The summed E-state index contributed by atoms with van der Waals surface area (Å²) in [6.07, 6.45) is 6.25. The summed E-state index contributed by atoms with van der Waals surface area (Å²) in [7, 11) is 1.87. The molecule has 1 unspecified atom stereocenters. The molecule has 4 amide bonds. The molecule has 1 aliphatic carbocycles. The molecule has 2 saturated heterocycles. The molecule has 7 nitrogen and oxygen atoms in total. The van der Waals surface area contributed by atoms with Crippen molar-refractivity contribution in [1.29, 1.82) is 0 Å². The Labute approximate surface area is 180 Å². The van der Waals surface area contributed by atoms with Crippen molar-refractivity contribution in [2.24, 2.45) is 11.3 Å². The van der Waals surface area contributed by atoms with Crippen LogP contribution in [0.1, 0.15) is 65.7 Å². The number of nitrogens with one attached hydrogen (secondary N) is 2. The summed E-state index contributed by atoms with van der Waals surface area (Å²) in [5.41, 5.74) is -0.548. The minimum atomic E-state index is -0.799.